The van der Waals surface area contributed by atoms with Gasteiger partial charge in [-0.25, -0.2) is 4.79 Å². The number of alkyl halides is 1. The number of rotatable bonds is 7. The summed E-state index contributed by atoms with van der Waals surface area (Å²) in [5.74, 6) is -0.418. The van der Waals surface area contributed by atoms with Crippen molar-refractivity contribution >= 4 is 21.9 Å². The maximum Gasteiger partial charge on any atom is 0.330 e. The highest BCUT2D eigenvalue weighted by Crippen LogP contribution is 2.36. The summed E-state index contributed by atoms with van der Waals surface area (Å²) < 4.78 is 5.06. The van der Waals surface area contributed by atoms with Gasteiger partial charge >= 0.3 is 5.97 Å². The van der Waals surface area contributed by atoms with Crippen LogP contribution in [0.2, 0.25) is 0 Å². The number of allylic oxidation sites excluding steroid dienone is 1. The number of esters is 1. The highest BCUT2D eigenvalue weighted by Gasteiger charge is 2.42. The summed E-state index contributed by atoms with van der Waals surface area (Å²) in [5, 5.41) is 10.2. The molecule has 0 saturated heterocycles. The zero-order valence-electron chi connectivity index (χ0n) is 10.8. The Morgan fingerprint density at radius 3 is 2.53 bits per heavy atom. The van der Waals surface area contributed by atoms with Crippen LogP contribution < -0.4 is 0 Å². The van der Waals surface area contributed by atoms with Gasteiger partial charge in [-0.1, -0.05) is 28.9 Å². The Morgan fingerprint density at radius 2 is 2.18 bits per heavy atom. The molecule has 0 amide bonds. The first-order chi connectivity index (χ1) is 8.12. The lowest BCUT2D eigenvalue weighted by Crippen LogP contribution is -2.34. The van der Waals surface area contributed by atoms with Gasteiger partial charge in [0.15, 0.2) is 5.41 Å². The largest absolute Gasteiger partial charge is 0.465 e. The number of ether oxygens (including phenoxy) is 1. The number of halogens is 1. The molecule has 0 aromatic rings. The predicted octanol–water partition coefficient (Wildman–Crippen LogP) is 3.59. The lowest BCUT2D eigenvalue weighted by atomic mass is 9.76. The van der Waals surface area contributed by atoms with Crippen LogP contribution in [0.5, 0.6) is 0 Å². The van der Waals surface area contributed by atoms with E-state index in [2.05, 4.69) is 22.0 Å². The minimum absolute atomic E-state index is 0.303. The summed E-state index contributed by atoms with van der Waals surface area (Å²) in [7, 11) is 0. The van der Waals surface area contributed by atoms with E-state index in [4.69, 9.17) is 4.74 Å². The summed E-state index contributed by atoms with van der Waals surface area (Å²) >= 11 is 3.33. The second-order valence-electron chi connectivity index (χ2n) is 3.70. The van der Waals surface area contributed by atoms with Crippen molar-refractivity contribution in [1.82, 2.24) is 0 Å². The van der Waals surface area contributed by atoms with Gasteiger partial charge in [0, 0.05) is 5.33 Å². The summed E-state index contributed by atoms with van der Waals surface area (Å²) in [6, 6.07) is 2.17. The number of carbonyl (C=O) groups excluding carboxylic acids is 1. The number of hydrogen-bond donors (Lipinski definition) is 0. The Labute approximate surface area is 112 Å². The van der Waals surface area contributed by atoms with Crippen LogP contribution in [0.15, 0.2) is 11.6 Å². The van der Waals surface area contributed by atoms with Crippen LogP contribution in [0.25, 0.3) is 0 Å². The zero-order valence-corrected chi connectivity index (χ0v) is 12.3. The van der Waals surface area contributed by atoms with Crippen molar-refractivity contribution in [2.45, 2.75) is 40.0 Å². The van der Waals surface area contributed by atoms with Crippen LogP contribution in [-0.2, 0) is 9.53 Å². The maximum absolute atomic E-state index is 12.1. The maximum atomic E-state index is 12.1. The van der Waals surface area contributed by atoms with E-state index in [1.54, 1.807) is 6.92 Å². The summed E-state index contributed by atoms with van der Waals surface area (Å²) in [5.41, 5.74) is -0.257. The summed E-state index contributed by atoms with van der Waals surface area (Å²) in [4.78, 5) is 12.1. The Hall–Kier alpha value is -0.820. The first kappa shape index (κ1) is 16.2. The van der Waals surface area contributed by atoms with Crippen molar-refractivity contribution in [2.75, 3.05) is 11.9 Å². The minimum Gasteiger partial charge on any atom is -0.465 e. The van der Waals surface area contributed by atoms with E-state index in [0.717, 1.165) is 17.3 Å². The lowest BCUT2D eigenvalue weighted by molar-refractivity contribution is -0.150. The number of hydrogen-bond acceptors (Lipinski definition) is 3. The van der Waals surface area contributed by atoms with Gasteiger partial charge in [0.2, 0.25) is 0 Å². The number of carbonyl (C=O) groups is 1. The fourth-order valence-corrected chi connectivity index (χ4v) is 2.19. The molecule has 0 aliphatic heterocycles. The molecule has 1 unspecified atom stereocenters. The Kier molecular flexibility index (Phi) is 7.90. The second kappa shape index (κ2) is 8.30. The third kappa shape index (κ3) is 3.85. The van der Waals surface area contributed by atoms with Crippen molar-refractivity contribution in [1.29, 1.82) is 5.26 Å². The Balaban J connectivity index is 5.29. The third-order valence-corrected chi connectivity index (χ3v) is 3.34. The van der Waals surface area contributed by atoms with Crippen molar-refractivity contribution < 1.29 is 9.53 Å². The van der Waals surface area contributed by atoms with E-state index in [1.165, 1.54) is 0 Å². The fourth-order valence-electron chi connectivity index (χ4n) is 1.91. The molecule has 0 N–H and O–H groups in total. The molecule has 0 heterocycles. The van der Waals surface area contributed by atoms with E-state index in [-0.39, 0.29) is 0 Å². The Bertz CT molecular complexity index is 320. The fraction of sp³-hybridized carbons (Fsp3) is 0.692. The van der Waals surface area contributed by atoms with Crippen LogP contribution in [0.3, 0.4) is 0 Å². The molecule has 0 spiro atoms. The molecular formula is C13H20BrNO2. The Morgan fingerprint density at radius 1 is 1.53 bits per heavy atom. The van der Waals surface area contributed by atoms with Gasteiger partial charge in [-0.05, 0) is 38.7 Å². The molecule has 0 aromatic carbocycles. The molecule has 17 heavy (non-hydrogen) atoms. The quantitative estimate of drug-likeness (QED) is 0.410. The molecule has 0 aliphatic carbocycles. The predicted molar refractivity (Wildman–Crippen MR) is 71.8 cm³/mol. The third-order valence-electron chi connectivity index (χ3n) is 2.78. The van der Waals surface area contributed by atoms with E-state index in [9.17, 15) is 10.1 Å². The van der Waals surface area contributed by atoms with Gasteiger partial charge in [-0.15, -0.1) is 0 Å². The first-order valence-electron chi connectivity index (χ1n) is 5.93. The summed E-state index contributed by atoms with van der Waals surface area (Å²) in [6.07, 6.45) is 3.81. The average Bonchev–Trinajstić information content (AvgIpc) is 2.35. The molecule has 0 aromatic heterocycles. The molecule has 1 atom stereocenters. The molecule has 0 radical (unpaired) electrons. The number of nitrogens with zero attached hydrogens (tertiary/aromatic N) is 1. The molecule has 96 valence electrons. The van der Waals surface area contributed by atoms with Gasteiger partial charge < -0.3 is 4.74 Å². The molecule has 4 heteroatoms. The standard InChI is InChI=1S/C13H20BrNO2/c1-4-11(5-2)13(10-15,8-7-9-14)12(16)17-6-3/h4H,5-9H2,1-3H3/b11-4+. The first-order valence-corrected chi connectivity index (χ1v) is 7.05. The molecule has 0 saturated carbocycles. The van der Waals surface area contributed by atoms with Gasteiger partial charge in [0.05, 0.1) is 12.7 Å². The topological polar surface area (TPSA) is 50.1 Å². The lowest BCUT2D eigenvalue weighted by Gasteiger charge is -2.26. The minimum atomic E-state index is -1.10. The molecule has 0 rings (SSSR count). The van der Waals surface area contributed by atoms with Gasteiger partial charge in [0.1, 0.15) is 0 Å². The zero-order chi connectivity index (χ0) is 13.3. The molecule has 3 nitrogen and oxygen atoms in total. The van der Waals surface area contributed by atoms with Crippen molar-refractivity contribution in [3.05, 3.63) is 11.6 Å². The summed E-state index contributed by atoms with van der Waals surface area (Å²) in [6.45, 7) is 5.87. The van der Waals surface area contributed by atoms with Gasteiger partial charge in [0.25, 0.3) is 0 Å². The SMILES string of the molecule is C/C=C(\CC)C(C#N)(CCCBr)C(=O)OCC. The molecule has 0 fully saturated rings. The molecule has 0 aliphatic rings. The van der Waals surface area contributed by atoms with Crippen LogP contribution >= 0.6 is 15.9 Å². The van der Waals surface area contributed by atoms with E-state index in [0.29, 0.717) is 19.4 Å². The second-order valence-corrected chi connectivity index (χ2v) is 4.49. The van der Waals surface area contributed by atoms with Crippen LogP contribution in [-0.4, -0.2) is 17.9 Å². The van der Waals surface area contributed by atoms with E-state index < -0.39 is 11.4 Å². The molecular weight excluding hydrogens is 282 g/mol. The monoisotopic (exact) mass is 301 g/mol. The van der Waals surface area contributed by atoms with E-state index >= 15 is 0 Å². The highest BCUT2D eigenvalue weighted by molar-refractivity contribution is 9.09. The normalized spacial score (nSPS) is 14.9. The van der Waals surface area contributed by atoms with Crippen molar-refractivity contribution in [3.63, 3.8) is 0 Å². The smallest absolute Gasteiger partial charge is 0.330 e. The van der Waals surface area contributed by atoms with Crippen molar-refractivity contribution in [3.8, 4) is 6.07 Å². The van der Waals surface area contributed by atoms with Gasteiger partial charge in [-0.2, -0.15) is 5.26 Å². The highest BCUT2D eigenvalue weighted by atomic mass is 79.9. The van der Waals surface area contributed by atoms with Crippen LogP contribution in [0.4, 0.5) is 0 Å². The van der Waals surface area contributed by atoms with Crippen LogP contribution in [0, 0.1) is 16.7 Å². The number of nitriles is 1. The average molecular weight is 302 g/mol. The molecule has 0 bridgehead atoms. The van der Waals surface area contributed by atoms with Gasteiger partial charge in [-0.3, -0.25) is 0 Å². The van der Waals surface area contributed by atoms with Crippen molar-refractivity contribution in [2.24, 2.45) is 5.41 Å². The van der Waals surface area contributed by atoms with E-state index in [1.807, 2.05) is 19.9 Å². The van der Waals surface area contributed by atoms with Crippen LogP contribution in [0.1, 0.15) is 40.0 Å².